The first kappa shape index (κ1) is 9.29. The minimum Gasteiger partial charge on any atom is -0.257 e. The lowest BCUT2D eigenvalue weighted by Gasteiger charge is -2.05. The normalized spacial score (nSPS) is 10.1. The Labute approximate surface area is 85.6 Å². The Morgan fingerprint density at radius 2 is 2.27 bits per heavy atom. The van der Waals surface area contributed by atoms with Crippen LogP contribution in [0.25, 0.3) is 0 Å². The predicted octanol–water partition coefficient (Wildman–Crippen LogP) is 3.09. The van der Waals surface area contributed by atoms with Gasteiger partial charge in [-0.25, -0.2) is 0 Å². The van der Waals surface area contributed by atoms with E-state index in [1.165, 1.54) is 11.1 Å². The monoisotopic (exact) mass is 281 g/mol. The van der Waals surface area contributed by atoms with Crippen molar-refractivity contribution in [1.82, 2.24) is 3.53 Å². The van der Waals surface area contributed by atoms with Crippen LogP contribution in [0.2, 0.25) is 5.02 Å². The Morgan fingerprint density at radius 3 is 2.82 bits per heavy atom. The summed E-state index contributed by atoms with van der Waals surface area (Å²) < 4.78 is 3.05. The minimum atomic E-state index is 0.825. The maximum absolute atomic E-state index is 5.96. The topological polar surface area (TPSA) is 12.0 Å². The van der Waals surface area contributed by atoms with Crippen molar-refractivity contribution in [2.45, 2.75) is 13.5 Å². The molecule has 3 heteroatoms. The van der Waals surface area contributed by atoms with E-state index < -0.39 is 0 Å². The van der Waals surface area contributed by atoms with Crippen LogP contribution in [0, 0.1) is 6.92 Å². The van der Waals surface area contributed by atoms with Gasteiger partial charge in [0.15, 0.2) is 0 Å². The first-order chi connectivity index (χ1) is 5.25. The van der Waals surface area contributed by atoms with Crippen LogP contribution in [0.3, 0.4) is 0 Å². The molecule has 1 aromatic rings. The number of hydrogen-bond acceptors (Lipinski definition) is 1. The molecule has 0 unspecified atom stereocenters. The summed E-state index contributed by atoms with van der Waals surface area (Å²) in [5.74, 6) is 0. The van der Waals surface area contributed by atoms with Gasteiger partial charge >= 0.3 is 0 Å². The van der Waals surface area contributed by atoms with Gasteiger partial charge in [-0.05, 0) is 24.1 Å². The zero-order chi connectivity index (χ0) is 8.27. The van der Waals surface area contributed by atoms with E-state index in [9.17, 15) is 0 Å². The molecule has 0 saturated carbocycles. The van der Waals surface area contributed by atoms with Gasteiger partial charge in [0.1, 0.15) is 0 Å². The van der Waals surface area contributed by atoms with Crippen molar-refractivity contribution in [1.29, 1.82) is 0 Å². The molecule has 1 N–H and O–H groups in total. The van der Waals surface area contributed by atoms with E-state index in [0.29, 0.717) is 0 Å². The number of nitrogens with one attached hydrogen (secondary N) is 1. The average Bonchev–Trinajstić information content (AvgIpc) is 1.97. The van der Waals surface area contributed by atoms with Crippen LogP contribution in [0.1, 0.15) is 11.1 Å². The molecule has 0 spiro atoms. The number of hydrogen-bond donors (Lipinski definition) is 1. The van der Waals surface area contributed by atoms with Crippen LogP contribution in [-0.4, -0.2) is 0 Å². The second-order valence-corrected chi connectivity index (χ2v) is 3.52. The highest BCUT2D eigenvalue weighted by molar-refractivity contribution is 14.1. The maximum atomic E-state index is 5.96. The van der Waals surface area contributed by atoms with Crippen molar-refractivity contribution in [3.63, 3.8) is 0 Å². The van der Waals surface area contributed by atoms with E-state index in [1.54, 1.807) is 0 Å². The zero-order valence-electron chi connectivity index (χ0n) is 6.20. The van der Waals surface area contributed by atoms with Gasteiger partial charge in [0.2, 0.25) is 0 Å². The molecular weight excluding hydrogens is 272 g/mol. The summed E-state index contributed by atoms with van der Waals surface area (Å²) in [5.41, 5.74) is 2.42. The second kappa shape index (κ2) is 4.28. The van der Waals surface area contributed by atoms with Gasteiger partial charge in [0, 0.05) is 34.4 Å². The van der Waals surface area contributed by atoms with E-state index in [2.05, 4.69) is 39.4 Å². The van der Waals surface area contributed by atoms with Gasteiger partial charge in [0.05, 0.1) is 0 Å². The predicted molar refractivity (Wildman–Crippen MR) is 57.0 cm³/mol. The zero-order valence-corrected chi connectivity index (χ0v) is 9.11. The standard InChI is InChI=1S/C8H9ClIN/c1-6-3-2-4-8(9)7(6)5-11-10/h2-4,11H,5H2,1H3. The van der Waals surface area contributed by atoms with Gasteiger partial charge < -0.3 is 0 Å². The van der Waals surface area contributed by atoms with Crippen molar-refractivity contribution >= 4 is 34.5 Å². The third-order valence-electron chi connectivity index (χ3n) is 1.60. The van der Waals surface area contributed by atoms with E-state index in [4.69, 9.17) is 11.6 Å². The minimum absolute atomic E-state index is 0.825. The molecule has 1 aromatic carbocycles. The van der Waals surface area contributed by atoms with Crippen LogP contribution < -0.4 is 3.53 Å². The molecule has 0 bridgehead atoms. The van der Waals surface area contributed by atoms with Gasteiger partial charge in [-0.2, -0.15) is 0 Å². The fraction of sp³-hybridized carbons (Fsp3) is 0.250. The molecule has 0 aromatic heterocycles. The first-order valence-corrected chi connectivity index (χ1v) is 4.79. The van der Waals surface area contributed by atoms with Crippen molar-refractivity contribution in [2.75, 3.05) is 0 Å². The first-order valence-electron chi connectivity index (χ1n) is 3.33. The Morgan fingerprint density at radius 1 is 1.55 bits per heavy atom. The van der Waals surface area contributed by atoms with Crippen molar-refractivity contribution in [3.05, 3.63) is 34.3 Å². The number of halogens is 2. The molecule has 0 heterocycles. The van der Waals surface area contributed by atoms with Crippen LogP contribution in [0.5, 0.6) is 0 Å². The number of aryl methyl sites for hydroxylation is 1. The molecule has 60 valence electrons. The highest BCUT2D eigenvalue weighted by Crippen LogP contribution is 2.19. The van der Waals surface area contributed by atoms with Crippen LogP contribution in [-0.2, 0) is 6.54 Å². The highest BCUT2D eigenvalue weighted by atomic mass is 127. The molecule has 11 heavy (non-hydrogen) atoms. The van der Waals surface area contributed by atoms with E-state index in [1.807, 2.05) is 12.1 Å². The Kier molecular flexibility index (Phi) is 3.62. The largest absolute Gasteiger partial charge is 0.257 e. The van der Waals surface area contributed by atoms with E-state index in [-0.39, 0.29) is 0 Å². The quantitative estimate of drug-likeness (QED) is 0.649. The van der Waals surface area contributed by atoms with Crippen LogP contribution >= 0.6 is 34.5 Å². The summed E-state index contributed by atoms with van der Waals surface area (Å²) >= 11 is 8.08. The lowest BCUT2D eigenvalue weighted by atomic mass is 10.1. The second-order valence-electron chi connectivity index (χ2n) is 2.35. The van der Waals surface area contributed by atoms with Gasteiger partial charge in [-0.3, -0.25) is 3.53 Å². The molecule has 0 aliphatic carbocycles. The SMILES string of the molecule is Cc1cccc(Cl)c1CNI. The van der Waals surface area contributed by atoms with Crippen molar-refractivity contribution < 1.29 is 0 Å². The highest BCUT2D eigenvalue weighted by Gasteiger charge is 2.00. The van der Waals surface area contributed by atoms with E-state index >= 15 is 0 Å². The van der Waals surface area contributed by atoms with E-state index in [0.717, 1.165) is 11.6 Å². The Hall–Kier alpha value is 0.200. The molecular formula is C8H9ClIN. The lowest BCUT2D eigenvalue weighted by molar-refractivity contribution is 0.998. The summed E-state index contributed by atoms with van der Waals surface area (Å²) in [4.78, 5) is 0. The number of benzene rings is 1. The van der Waals surface area contributed by atoms with Gasteiger partial charge in [0.25, 0.3) is 0 Å². The summed E-state index contributed by atoms with van der Waals surface area (Å²) in [6.45, 7) is 2.89. The third-order valence-corrected chi connectivity index (χ3v) is 2.33. The molecule has 0 aliphatic rings. The maximum Gasteiger partial charge on any atom is 0.0453 e. The lowest BCUT2D eigenvalue weighted by Crippen LogP contribution is -2.00. The third kappa shape index (κ3) is 2.32. The molecule has 0 amide bonds. The molecule has 0 radical (unpaired) electrons. The Bertz CT molecular complexity index is 230. The molecule has 1 rings (SSSR count). The summed E-state index contributed by atoms with van der Waals surface area (Å²) in [7, 11) is 0. The van der Waals surface area contributed by atoms with Crippen molar-refractivity contribution in [3.8, 4) is 0 Å². The Balaban J connectivity index is 3.00. The molecule has 0 fully saturated rings. The fourth-order valence-electron chi connectivity index (χ4n) is 0.957. The van der Waals surface area contributed by atoms with Gasteiger partial charge in [-0.15, -0.1) is 0 Å². The average molecular weight is 282 g/mol. The molecule has 0 aliphatic heterocycles. The van der Waals surface area contributed by atoms with Gasteiger partial charge in [-0.1, -0.05) is 23.7 Å². The van der Waals surface area contributed by atoms with Crippen LogP contribution in [0.4, 0.5) is 0 Å². The summed E-state index contributed by atoms with van der Waals surface area (Å²) in [5, 5.41) is 0.842. The molecule has 0 atom stereocenters. The van der Waals surface area contributed by atoms with Crippen LogP contribution in [0.15, 0.2) is 18.2 Å². The van der Waals surface area contributed by atoms with Crippen molar-refractivity contribution in [2.24, 2.45) is 0 Å². The molecule has 1 nitrogen and oxygen atoms in total. The summed E-state index contributed by atoms with van der Waals surface area (Å²) in [6.07, 6.45) is 0. The number of rotatable bonds is 2. The molecule has 0 saturated heterocycles. The smallest absolute Gasteiger partial charge is 0.0453 e. The fourth-order valence-corrected chi connectivity index (χ4v) is 1.63. The summed E-state index contributed by atoms with van der Waals surface area (Å²) in [6, 6.07) is 5.95.